The molecule has 23 heavy (non-hydrogen) atoms. The third kappa shape index (κ3) is 4.35. The Labute approximate surface area is 138 Å². The van der Waals surface area contributed by atoms with Crippen molar-refractivity contribution in [3.05, 3.63) is 58.7 Å². The zero-order chi connectivity index (χ0) is 17.0. The molecule has 1 amide bonds. The Bertz CT molecular complexity index is 707. The molecule has 0 aliphatic heterocycles. The summed E-state index contributed by atoms with van der Waals surface area (Å²) >= 11 is 0. The van der Waals surface area contributed by atoms with Crippen LogP contribution in [0.4, 0.5) is 5.69 Å². The van der Waals surface area contributed by atoms with Crippen LogP contribution in [-0.2, 0) is 4.79 Å². The summed E-state index contributed by atoms with van der Waals surface area (Å²) in [4.78, 5) is 12.5. The molecule has 1 N–H and O–H groups in total. The second-order valence-electron chi connectivity index (χ2n) is 6.09. The van der Waals surface area contributed by atoms with Gasteiger partial charge in [0, 0.05) is 5.69 Å². The van der Waals surface area contributed by atoms with E-state index in [1.54, 1.807) is 0 Å². The van der Waals surface area contributed by atoms with Crippen molar-refractivity contribution in [2.24, 2.45) is 0 Å². The van der Waals surface area contributed by atoms with Gasteiger partial charge in [-0.2, -0.15) is 0 Å². The molecule has 0 aromatic heterocycles. The first-order valence-electron chi connectivity index (χ1n) is 8.02. The largest absolute Gasteiger partial charge is 0.480 e. The Balaban J connectivity index is 2.13. The van der Waals surface area contributed by atoms with Gasteiger partial charge >= 0.3 is 0 Å². The van der Waals surface area contributed by atoms with Gasteiger partial charge in [-0.25, -0.2) is 0 Å². The molecular formula is C20H25NO2. The number of rotatable bonds is 5. The minimum absolute atomic E-state index is 0.111. The number of amides is 1. The zero-order valence-corrected chi connectivity index (χ0v) is 14.6. The number of anilines is 1. The van der Waals surface area contributed by atoms with Crippen molar-refractivity contribution in [1.82, 2.24) is 0 Å². The highest BCUT2D eigenvalue weighted by Crippen LogP contribution is 2.22. The van der Waals surface area contributed by atoms with E-state index in [-0.39, 0.29) is 5.91 Å². The average molecular weight is 311 g/mol. The first-order valence-corrected chi connectivity index (χ1v) is 8.02. The second kappa shape index (κ2) is 7.32. The van der Waals surface area contributed by atoms with Crippen LogP contribution in [0.5, 0.6) is 5.75 Å². The first kappa shape index (κ1) is 17.1. The van der Waals surface area contributed by atoms with Gasteiger partial charge in [0.1, 0.15) is 5.75 Å². The Kier molecular flexibility index (Phi) is 5.43. The molecule has 0 aliphatic carbocycles. The first-order chi connectivity index (χ1) is 10.9. The molecule has 2 rings (SSSR count). The van der Waals surface area contributed by atoms with Crippen molar-refractivity contribution < 1.29 is 9.53 Å². The Morgan fingerprint density at radius 1 is 1.00 bits per heavy atom. The van der Waals surface area contributed by atoms with Crippen LogP contribution in [0.2, 0.25) is 0 Å². The monoisotopic (exact) mass is 311 g/mol. The number of hydrogen-bond acceptors (Lipinski definition) is 2. The molecule has 0 bridgehead atoms. The summed E-state index contributed by atoms with van der Waals surface area (Å²) in [6.07, 6.45) is 0.112. The number of aryl methyl sites for hydroxylation is 4. The molecule has 2 aromatic rings. The van der Waals surface area contributed by atoms with Crippen LogP contribution in [0.25, 0.3) is 0 Å². The smallest absolute Gasteiger partial charge is 0.265 e. The molecule has 0 radical (unpaired) electrons. The normalized spacial score (nSPS) is 11.9. The molecule has 1 atom stereocenters. The van der Waals surface area contributed by atoms with Gasteiger partial charge in [-0.05, 0) is 62.9 Å². The summed E-state index contributed by atoms with van der Waals surface area (Å²) in [7, 11) is 0. The van der Waals surface area contributed by atoms with Crippen LogP contribution in [0.1, 0.15) is 35.6 Å². The molecule has 0 saturated heterocycles. The summed E-state index contributed by atoms with van der Waals surface area (Å²) < 4.78 is 5.96. The van der Waals surface area contributed by atoms with E-state index < -0.39 is 6.10 Å². The summed E-state index contributed by atoms with van der Waals surface area (Å²) in [5, 5.41) is 2.98. The van der Waals surface area contributed by atoms with E-state index in [1.807, 2.05) is 65.0 Å². The maximum Gasteiger partial charge on any atom is 0.265 e. The van der Waals surface area contributed by atoms with E-state index in [9.17, 15) is 4.79 Å². The van der Waals surface area contributed by atoms with Gasteiger partial charge in [-0.3, -0.25) is 4.79 Å². The summed E-state index contributed by atoms with van der Waals surface area (Å²) in [6.45, 7) is 10.00. The van der Waals surface area contributed by atoms with Crippen molar-refractivity contribution in [3.8, 4) is 5.75 Å². The number of ether oxygens (including phenoxy) is 1. The van der Waals surface area contributed by atoms with Gasteiger partial charge in [-0.15, -0.1) is 0 Å². The maximum absolute atomic E-state index is 12.5. The third-order valence-electron chi connectivity index (χ3n) is 3.92. The zero-order valence-electron chi connectivity index (χ0n) is 14.6. The predicted molar refractivity (Wildman–Crippen MR) is 95.2 cm³/mol. The molecule has 0 heterocycles. The minimum Gasteiger partial charge on any atom is -0.480 e. The van der Waals surface area contributed by atoms with Crippen molar-refractivity contribution in [2.45, 2.75) is 47.1 Å². The van der Waals surface area contributed by atoms with Gasteiger partial charge in [0.05, 0.1) is 0 Å². The van der Waals surface area contributed by atoms with Gasteiger partial charge in [0.2, 0.25) is 0 Å². The van der Waals surface area contributed by atoms with Gasteiger partial charge in [0.15, 0.2) is 6.10 Å². The van der Waals surface area contributed by atoms with Crippen LogP contribution in [-0.4, -0.2) is 12.0 Å². The molecule has 0 spiro atoms. The average Bonchev–Trinajstić information content (AvgIpc) is 2.50. The number of nitrogens with one attached hydrogen (secondary N) is 1. The standard InChI is InChI=1S/C20H25NO2/c1-6-18(23-19-12-14(3)7-9-15(19)4)20(22)21-17-10-8-13(2)11-16(17)5/h7-12,18H,6H2,1-5H3,(H,21,22)/t18-/m1/s1. The molecule has 0 aliphatic rings. The van der Waals surface area contributed by atoms with Crippen LogP contribution < -0.4 is 10.1 Å². The fourth-order valence-corrected chi connectivity index (χ4v) is 2.48. The van der Waals surface area contributed by atoms with Crippen LogP contribution in [0, 0.1) is 27.7 Å². The lowest BCUT2D eigenvalue weighted by molar-refractivity contribution is -0.122. The van der Waals surface area contributed by atoms with Gasteiger partial charge < -0.3 is 10.1 Å². The molecular weight excluding hydrogens is 286 g/mol. The second-order valence-corrected chi connectivity index (χ2v) is 6.09. The number of hydrogen-bond donors (Lipinski definition) is 1. The van der Waals surface area contributed by atoms with Crippen molar-refractivity contribution >= 4 is 11.6 Å². The topological polar surface area (TPSA) is 38.3 Å². The molecule has 0 saturated carbocycles. The van der Waals surface area contributed by atoms with E-state index in [0.717, 1.165) is 28.1 Å². The molecule has 0 fully saturated rings. The fourth-order valence-electron chi connectivity index (χ4n) is 2.48. The van der Waals surface area contributed by atoms with E-state index >= 15 is 0 Å². The van der Waals surface area contributed by atoms with E-state index in [2.05, 4.69) is 11.4 Å². The van der Waals surface area contributed by atoms with Crippen molar-refractivity contribution in [3.63, 3.8) is 0 Å². The Hall–Kier alpha value is -2.29. The van der Waals surface area contributed by atoms with Crippen LogP contribution in [0.15, 0.2) is 36.4 Å². The Morgan fingerprint density at radius 2 is 1.65 bits per heavy atom. The van der Waals surface area contributed by atoms with Gasteiger partial charge in [0.25, 0.3) is 5.91 Å². The molecule has 3 nitrogen and oxygen atoms in total. The number of benzene rings is 2. The highest BCUT2D eigenvalue weighted by molar-refractivity contribution is 5.95. The number of carbonyl (C=O) groups is 1. The lowest BCUT2D eigenvalue weighted by Crippen LogP contribution is -2.32. The third-order valence-corrected chi connectivity index (χ3v) is 3.92. The van der Waals surface area contributed by atoms with E-state index in [4.69, 9.17) is 4.74 Å². The van der Waals surface area contributed by atoms with Crippen molar-refractivity contribution in [1.29, 1.82) is 0 Å². The fraction of sp³-hybridized carbons (Fsp3) is 0.350. The molecule has 3 heteroatoms. The molecule has 122 valence electrons. The number of carbonyl (C=O) groups excluding carboxylic acids is 1. The van der Waals surface area contributed by atoms with Crippen LogP contribution in [0.3, 0.4) is 0 Å². The van der Waals surface area contributed by atoms with E-state index in [1.165, 1.54) is 5.56 Å². The maximum atomic E-state index is 12.5. The SMILES string of the molecule is CC[C@@H](Oc1cc(C)ccc1C)C(=O)Nc1ccc(C)cc1C. The molecule has 0 unspecified atom stereocenters. The summed E-state index contributed by atoms with van der Waals surface area (Å²) in [5.41, 5.74) is 5.23. The van der Waals surface area contributed by atoms with Crippen molar-refractivity contribution in [2.75, 3.05) is 5.32 Å². The van der Waals surface area contributed by atoms with E-state index in [0.29, 0.717) is 6.42 Å². The lowest BCUT2D eigenvalue weighted by Gasteiger charge is -2.19. The van der Waals surface area contributed by atoms with Gasteiger partial charge in [-0.1, -0.05) is 36.8 Å². The lowest BCUT2D eigenvalue weighted by atomic mass is 10.1. The highest BCUT2D eigenvalue weighted by atomic mass is 16.5. The minimum atomic E-state index is -0.504. The quantitative estimate of drug-likeness (QED) is 0.868. The summed E-state index contributed by atoms with van der Waals surface area (Å²) in [5.74, 6) is 0.660. The predicted octanol–water partition coefficient (Wildman–Crippen LogP) is 4.72. The Morgan fingerprint density at radius 3 is 2.30 bits per heavy atom. The van der Waals surface area contributed by atoms with Crippen LogP contribution >= 0.6 is 0 Å². The summed E-state index contributed by atoms with van der Waals surface area (Å²) in [6, 6.07) is 12.0. The highest BCUT2D eigenvalue weighted by Gasteiger charge is 2.20. The molecule has 2 aromatic carbocycles.